The average Bonchev–Trinajstić information content (AvgIpc) is 2.72. The van der Waals surface area contributed by atoms with Gasteiger partial charge in [-0.1, -0.05) is 12.1 Å². The van der Waals surface area contributed by atoms with Crippen LogP contribution in [0.3, 0.4) is 0 Å². The molecule has 158 valence electrons. The van der Waals surface area contributed by atoms with E-state index in [-0.39, 0.29) is 42.3 Å². The Balaban J connectivity index is 1.84. The molecule has 0 spiro atoms. The highest BCUT2D eigenvalue weighted by Crippen LogP contribution is 2.37. The second-order valence-corrected chi connectivity index (χ2v) is 8.36. The molecule has 1 saturated heterocycles. The molecule has 0 saturated carbocycles. The van der Waals surface area contributed by atoms with Crippen molar-refractivity contribution >= 4 is 21.4 Å². The summed E-state index contributed by atoms with van der Waals surface area (Å²) in [6.45, 7) is 0.000849. The lowest BCUT2D eigenvalue weighted by Crippen LogP contribution is -2.49. The molecule has 0 aliphatic carbocycles. The molecule has 2 aromatic rings. The van der Waals surface area contributed by atoms with Crippen LogP contribution in [-0.2, 0) is 16.2 Å². The highest BCUT2D eigenvalue weighted by molar-refractivity contribution is 7.89. The van der Waals surface area contributed by atoms with Crippen molar-refractivity contribution in [1.29, 1.82) is 5.26 Å². The Hall–Kier alpha value is -3.17. The van der Waals surface area contributed by atoms with Gasteiger partial charge in [0, 0.05) is 32.2 Å². The third kappa shape index (κ3) is 4.07. The van der Waals surface area contributed by atoms with E-state index in [0.717, 1.165) is 16.4 Å². The van der Waals surface area contributed by atoms with Gasteiger partial charge in [0.15, 0.2) is 0 Å². The van der Waals surface area contributed by atoms with Gasteiger partial charge in [0.2, 0.25) is 10.0 Å². The normalized spacial score (nSPS) is 15.6. The summed E-state index contributed by atoms with van der Waals surface area (Å²) in [6, 6.07) is 9.83. The first-order chi connectivity index (χ1) is 14.1. The molecule has 0 amide bonds. The summed E-state index contributed by atoms with van der Waals surface area (Å²) in [6.07, 6.45) is -4.72. The van der Waals surface area contributed by atoms with Crippen LogP contribution in [0.2, 0.25) is 0 Å². The van der Waals surface area contributed by atoms with E-state index in [2.05, 4.69) is 0 Å². The Bertz CT molecular complexity index is 1120. The maximum absolute atomic E-state index is 12.9. The van der Waals surface area contributed by atoms with Gasteiger partial charge in [-0.05, 0) is 24.3 Å². The number of nitro benzene ring substituents is 1. The van der Waals surface area contributed by atoms with E-state index in [9.17, 15) is 31.7 Å². The van der Waals surface area contributed by atoms with Gasteiger partial charge in [0.25, 0.3) is 5.69 Å². The van der Waals surface area contributed by atoms with Crippen LogP contribution >= 0.6 is 0 Å². The predicted octanol–water partition coefficient (Wildman–Crippen LogP) is 3.00. The number of sulfonamides is 1. The molecule has 30 heavy (non-hydrogen) atoms. The number of nitrogens with zero attached hydrogens (tertiary/aromatic N) is 4. The van der Waals surface area contributed by atoms with E-state index in [1.54, 1.807) is 6.07 Å². The lowest BCUT2D eigenvalue weighted by Gasteiger charge is -2.35. The van der Waals surface area contributed by atoms with E-state index >= 15 is 0 Å². The van der Waals surface area contributed by atoms with Crippen LogP contribution in [0.4, 0.5) is 24.5 Å². The molecular formula is C18H15F3N4O4S. The number of nitriles is 1. The van der Waals surface area contributed by atoms with Gasteiger partial charge >= 0.3 is 6.18 Å². The molecular weight excluding hydrogens is 425 g/mol. The van der Waals surface area contributed by atoms with Crippen LogP contribution in [0.1, 0.15) is 11.1 Å². The summed E-state index contributed by atoms with van der Waals surface area (Å²) in [4.78, 5) is 11.7. The molecule has 0 bridgehead atoms. The minimum absolute atomic E-state index is 0.00157. The van der Waals surface area contributed by atoms with Crippen LogP contribution in [0.25, 0.3) is 0 Å². The zero-order valence-corrected chi connectivity index (χ0v) is 16.2. The monoisotopic (exact) mass is 440 g/mol. The van der Waals surface area contributed by atoms with Crippen LogP contribution in [0, 0.1) is 21.4 Å². The van der Waals surface area contributed by atoms with Crippen molar-refractivity contribution in [3.8, 4) is 6.07 Å². The van der Waals surface area contributed by atoms with Gasteiger partial charge in [-0.2, -0.15) is 22.7 Å². The van der Waals surface area contributed by atoms with Crippen molar-refractivity contribution in [3.63, 3.8) is 0 Å². The molecule has 8 nitrogen and oxygen atoms in total. The van der Waals surface area contributed by atoms with Crippen LogP contribution in [0.15, 0.2) is 47.4 Å². The molecule has 0 N–H and O–H groups in total. The van der Waals surface area contributed by atoms with E-state index in [1.165, 1.54) is 23.1 Å². The second-order valence-electron chi connectivity index (χ2n) is 6.46. The molecule has 3 rings (SSSR count). The van der Waals surface area contributed by atoms with E-state index in [0.29, 0.717) is 6.07 Å². The Morgan fingerprint density at radius 1 is 1.07 bits per heavy atom. The van der Waals surface area contributed by atoms with Gasteiger partial charge in [-0.3, -0.25) is 10.1 Å². The van der Waals surface area contributed by atoms with E-state index in [1.807, 2.05) is 6.07 Å². The Labute approximate surface area is 169 Å². The first-order valence-corrected chi connectivity index (χ1v) is 10.1. The number of hydrogen-bond donors (Lipinski definition) is 0. The van der Waals surface area contributed by atoms with Crippen molar-refractivity contribution < 1.29 is 26.5 Å². The summed E-state index contributed by atoms with van der Waals surface area (Å²) in [5.41, 5.74) is -1.84. The number of hydrogen-bond acceptors (Lipinski definition) is 6. The highest BCUT2D eigenvalue weighted by Gasteiger charge is 2.35. The first kappa shape index (κ1) is 21.5. The number of anilines is 1. The van der Waals surface area contributed by atoms with Crippen LogP contribution < -0.4 is 4.90 Å². The first-order valence-electron chi connectivity index (χ1n) is 8.65. The summed E-state index contributed by atoms with van der Waals surface area (Å²) < 4.78 is 65.5. The molecule has 0 atom stereocenters. The van der Waals surface area contributed by atoms with Crippen molar-refractivity contribution in [1.82, 2.24) is 4.31 Å². The summed E-state index contributed by atoms with van der Waals surface area (Å²) in [7, 11) is -3.96. The summed E-state index contributed by atoms with van der Waals surface area (Å²) >= 11 is 0. The quantitative estimate of drug-likeness (QED) is 0.534. The van der Waals surface area contributed by atoms with Crippen LogP contribution in [-0.4, -0.2) is 43.8 Å². The standard InChI is InChI=1S/C18H15F3N4O4S/c19-18(20,21)14-5-6-15(16(11-14)25(26)27)23-7-9-24(10-8-23)30(28,29)17-4-2-1-3-13(17)12-22/h1-6,11H,7-10H2. The van der Waals surface area contributed by atoms with Gasteiger partial charge in [-0.15, -0.1) is 0 Å². The molecule has 1 aliphatic heterocycles. The number of alkyl halides is 3. The fraction of sp³-hybridized carbons (Fsp3) is 0.278. The smallest absolute Gasteiger partial charge is 0.363 e. The Morgan fingerprint density at radius 2 is 1.70 bits per heavy atom. The molecule has 2 aromatic carbocycles. The minimum atomic E-state index is -4.72. The number of nitro groups is 1. The molecule has 0 aromatic heterocycles. The van der Waals surface area contributed by atoms with Gasteiger partial charge < -0.3 is 4.90 Å². The van der Waals surface area contributed by atoms with Gasteiger partial charge in [0.05, 0.1) is 20.9 Å². The van der Waals surface area contributed by atoms with Gasteiger partial charge in [-0.25, -0.2) is 8.42 Å². The SMILES string of the molecule is N#Cc1ccccc1S(=O)(=O)N1CCN(c2ccc(C(F)(F)F)cc2[N+](=O)[O-])CC1. The van der Waals surface area contributed by atoms with E-state index < -0.39 is 32.4 Å². The predicted molar refractivity (Wildman–Crippen MR) is 100 cm³/mol. The molecule has 1 heterocycles. The number of benzene rings is 2. The maximum atomic E-state index is 12.9. The zero-order valence-electron chi connectivity index (χ0n) is 15.3. The Morgan fingerprint density at radius 3 is 2.27 bits per heavy atom. The lowest BCUT2D eigenvalue weighted by molar-refractivity contribution is -0.384. The van der Waals surface area contributed by atoms with Crippen molar-refractivity contribution in [2.24, 2.45) is 0 Å². The van der Waals surface area contributed by atoms with Crippen molar-refractivity contribution in [2.45, 2.75) is 11.1 Å². The Kier molecular flexibility index (Phi) is 5.69. The fourth-order valence-electron chi connectivity index (χ4n) is 3.21. The van der Waals surface area contributed by atoms with E-state index in [4.69, 9.17) is 5.26 Å². The molecule has 1 aliphatic rings. The number of piperazine rings is 1. The third-order valence-electron chi connectivity index (χ3n) is 4.70. The highest BCUT2D eigenvalue weighted by atomic mass is 32.2. The molecule has 0 radical (unpaired) electrons. The van der Waals surface area contributed by atoms with Crippen LogP contribution in [0.5, 0.6) is 0 Å². The largest absolute Gasteiger partial charge is 0.416 e. The lowest BCUT2D eigenvalue weighted by atomic mass is 10.1. The summed E-state index contributed by atoms with van der Waals surface area (Å²) in [5, 5.41) is 20.4. The molecule has 1 fully saturated rings. The topological polar surface area (TPSA) is 108 Å². The minimum Gasteiger partial charge on any atom is -0.363 e. The molecule has 0 unspecified atom stereocenters. The fourth-order valence-corrected chi connectivity index (χ4v) is 4.77. The third-order valence-corrected chi connectivity index (χ3v) is 6.66. The molecule has 12 heteroatoms. The van der Waals surface area contributed by atoms with Gasteiger partial charge in [0.1, 0.15) is 11.8 Å². The average molecular weight is 440 g/mol. The van der Waals surface area contributed by atoms with Crippen molar-refractivity contribution in [2.75, 3.05) is 31.1 Å². The maximum Gasteiger partial charge on any atom is 0.416 e. The second kappa shape index (κ2) is 7.92. The zero-order chi connectivity index (χ0) is 22.1. The van der Waals surface area contributed by atoms with Crippen molar-refractivity contribution in [3.05, 3.63) is 63.7 Å². The summed E-state index contributed by atoms with van der Waals surface area (Å²) in [5.74, 6) is 0. The number of rotatable bonds is 4. The number of halogens is 3.